The third kappa shape index (κ3) is 4.48. The van der Waals surface area contributed by atoms with Crippen molar-refractivity contribution in [3.05, 3.63) is 28.8 Å². The largest absolute Gasteiger partial charge is 0.383 e. The van der Waals surface area contributed by atoms with Crippen LogP contribution in [0.5, 0.6) is 0 Å². The first-order valence-corrected chi connectivity index (χ1v) is 6.74. The molecule has 0 fully saturated rings. The maximum absolute atomic E-state index is 6.34. The summed E-state index contributed by atoms with van der Waals surface area (Å²) in [4.78, 5) is 2.21. The third-order valence-corrected chi connectivity index (χ3v) is 3.16. The number of anilines is 1. The molecule has 0 saturated carbocycles. The van der Waals surface area contributed by atoms with Gasteiger partial charge in [-0.3, -0.25) is 0 Å². The Balaban J connectivity index is 2.82. The van der Waals surface area contributed by atoms with Crippen LogP contribution in [0.4, 0.5) is 5.69 Å². The van der Waals surface area contributed by atoms with Crippen molar-refractivity contribution in [2.24, 2.45) is 5.73 Å². The van der Waals surface area contributed by atoms with Gasteiger partial charge in [-0.1, -0.05) is 17.7 Å². The Morgan fingerprint density at radius 2 is 2.17 bits per heavy atom. The summed E-state index contributed by atoms with van der Waals surface area (Å²) in [6.07, 6.45) is 0.851. The lowest BCUT2D eigenvalue weighted by Gasteiger charge is -2.24. The number of ether oxygens (including phenoxy) is 1. The van der Waals surface area contributed by atoms with E-state index in [0.29, 0.717) is 6.61 Å². The molecule has 0 radical (unpaired) electrons. The van der Waals surface area contributed by atoms with Gasteiger partial charge in [0.2, 0.25) is 0 Å². The van der Waals surface area contributed by atoms with Crippen LogP contribution in [0, 0.1) is 0 Å². The number of nitrogens with zero attached hydrogens (tertiary/aromatic N) is 1. The standard InChI is InChI=1S/C14H23ClN2O/c1-4-17(7-8-18-3)14-6-5-12(9-11(2)16)10-13(14)15/h5-6,10-11H,4,7-9,16H2,1-3H3. The van der Waals surface area contributed by atoms with Gasteiger partial charge in [0.25, 0.3) is 0 Å². The highest BCUT2D eigenvalue weighted by atomic mass is 35.5. The Hall–Kier alpha value is -0.770. The molecule has 1 rings (SSSR count). The smallest absolute Gasteiger partial charge is 0.0642 e. The summed E-state index contributed by atoms with van der Waals surface area (Å²) < 4.78 is 5.11. The van der Waals surface area contributed by atoms with Gasteiger partial charge in [-0.2, -0.15) is 0 Å². The Bertz CT molecular complexity index is 369. The van der Waals surface area contributed by atoms with E-state index in [1.165, 1.54) is 5.56 Å². The van der Waals surface area contributed by atoms with Crippen LogP contribution in [0.2, 0.25) is 5.02 Å². The fourth-order valence-corrected chi connectivity index (χ4v) is 2.28. The summed E-state index contributed by atoms with van der Waals surface area (Å²) in [5.41, 5.74) is 8.04. The Morgan fingerprint density at radius 1 is 1.44 bits per heavy atom. The highest BCUT2D eigenvalue weighted by Gasteiger charge is 2.09. The average molecular weight is 271 g/mol. The summed E-state index contributed by atoms with van der Waals surface area (Å²) in [5.74, 6) is 0. The quantitative estimate of drug-likeness (QED) is 0.828. The molecule has 1 atom stereocenters. The van der Waals surface area contributed by atoms with Crippen molar-refractivity contribution in [3.8, 4) is 0 Å². The number of likely N-dealkylation sites (N-methyl/N-ethyl adjacent to an activating group) is 1. The van der Waals surface area contributed by atoms with Gasteiger partial charge >= 0.3 is 0 Å². The molecule has 1 unspecified atom stereocenters. The van der Waals surface area contributed by atoms with Crippen LogP contribution in [0.25, 0.3) is 0 Å². The number of rotatable bonds is 7. The van der Waals surface area contributed by atoms with Gasteiger partial charge in [0.15, 0.2) is 0 Å². The fraction of sp³-hybridized carbons (Fsp3) is 0.571. The van der Waals surface area contributed by atoms with Gasteiger partial charge in [-0.25, -0.2) is 0 Å². The molecule has 1 aromatic carbocycles. The first kappa shape index (κ1) is 15.3. The Labute approximate surface area is 115 Å². The first-order chi connectivity index (χ1) is 8.58. The predicted octanol–water partition coefficient (Wildman–Crippen LogP) is 2.70. The topological polar surface area (TPSA) is 38.5 Å². The van der Waals surface area contributed by atoms with Gasteiger partial charge < -0.3 is 15.4 Å². The van der Waals surface area contributed by atoms with Gasteiger partial charge in [-0.05, 0) is 38.0 Å². The van der Waals surface area contributed by atoms with Crippen LogP contribution in [-0.2, 0) is 11.2 Å². The monoisotopic (exact) mass is 270 g/mol. The van der Waals surface area contributed by atoms with Gasteiger partial charge in [0.05, 0.1) is 17.3 Å². The van der Waals surface area contributed by atoms with Crippen LogP contribution in [0.3, 0.4) is 0 Å². The zero-order valence-corrected chi connectivity index (χ0v) is 12.2. The molecule has 4 heteroatoms. The van der Waals surface area contributed by atoms with Gasteiger partial charge in [0, 0.05) is 26.2 Å². The second-order valence-corrected chi connectivity index (χ2v) is 4.95. The lowest BCUT2D eigenvalue weighted by atomic mass is 10.1. The van der Waals surface area contributed by atoms with Crippen molar-refractivity contribution in [1.82, 2.24) is 0 Å². The molecule has 2 N–H and O–H groups in total. The fourth-order valence-electron chi connectivity index (χ4n) is 1.96. The van der Waals surface area contributed by atoms with Crippen molar-refractivity contribution in [2.45, 2.75) is 26.3 Å². The van der Waals surface area contributed by atoms with Gasteiger partial charge in [0.1, 0.15) is 0 Å². The van der Waals surface area contributed by atoms with Crippen molar-refractivity contribution < 1.29 is 4.74 Å². The lowest BCUT2D eigenvalue weighted by molar-refractivity contribution is 0.205. The van der Waals surface area contributed by atoms with Crippen LogP contribution in [-0.4, -0.2) is 32.8 Å². The summed E-state index contributed by atoms with van der Waals surface area (Å²) in [6.45, 7) is 6.57. The molecule has 0 amide bonds. The zero-order valence-electron chi connectivity index (χ0n) is 11.4. The minimum atomic E-state index is 0.155. The molecule has 3 nitrogen and oxygen atoms in total. The van der Waals surface area contributed by atoms with E-state index in [1.807, 2.05) is 13.0 Å². The maximum atomic E-state index is 6.34. The molecule has 0 aromatic heterocycles. The molecule has 18 heavy (non-hydrogen) atoms. The molecular formula is C14H23ClN2O. The number of nitrogens with two attached hydrogens (primary N) is 1. The molecule has 0 aliphatic heterocycles. The predicted molar refractivity (Wildman–Crippen MR) is 78.6 cm³/mol. The number of hydrogen-bond acceptors (Lipinski definition) is 3. The van der Waals surface area contributed by atoms with Crippen LogP contribution in [0.15, 0.2) is 18.2 Å². The number of methoxy groups -OCH3 is 1. The van der Waals surface area contributed by atoms with Crippen LogP contribution in [0.1, 0.15) is 19.4 Å². The SMILES string of the molecule is CCN(CCOC)c1ccc(CC(C)N)cc1Cl. The summed E-state index contributed by atoms with van der Waals surface area (Å²) in [6, 6.07) is 6.33. The van der Waals surface area contributed by atoms with E-state index in [1.54, 1.807) is 7.11 Å². The maximum Gasteiger partial charge on any atom is 0.0642 e. The number of benzene rings is 1. The van der Waals surface area contributed by atoms with E-state index in [2.05, 4.69) is 24.0 Å². The highest BCUT2D eigenvalue weighted by molar-refractivity contribution is 6.33. The van der Waals surface area contributed by atoms with Crippen molar-refractivity contribution >= 4 is 17.3 Å². The molecule has 0 aliphatic rings. The normalized spacial score (nSPS) is 12.5. The summed E-state index contributed by atoms with van der Waals surface area (Å²) in [5, 5.41) is 0.783. The first-order valence-electron chi connectivity index (χ1n) is 6.36. The van der Waals surface area contributed by atoms with E-state index >= 15 is 0 Å². The van der Waals surface area contributed by atoms with Crippen molar-refractivity contribution in [1.29, 1.82) is 0 Å². The van der Waals surface area contributed by atoms with Gasteiger partial charge in [-0.15, -0.1) is 0 Å². The molecule has 1 aromatic rings. The minimum Gasteiger partial charge on any atom is -0.383 e. The molecule has 0 heterocycles. The van der Waals surface area contributed by atoms with Crippen molar-refractivity contribution in [3.63, 3.8) is 0 Å². The lowest BCUT2D eigenvalue weighted by Crippen LogP contribution is -2.27. The van der Waals surface area contributed by atoms with Crippen LogP contribution < -0.4 is 10.6 Å². The van der Waals surface area contributed by atoms with Crippen molar-refractivity contribution in [2.75, 3.05) is 31.7 Å². The minimum absolute atomic E-state index is 0.155. The molecule has 0 bridgehead atoms. The van der Waals surface area contributed by atoms with E-state index in [9.17, 15) is 0 Å². The molecular weight excluding hydrogens is 248 g/mol. The second kappa shape index (κ2) is 7.62. The van der Waals surface area contributed by atoms with E-state index in [0.717, 1.165) is 30.2 Å². The average Bonchev–Trinajstić information content (AvgIpc) is 2.31. The molecule has 0 aliphatic carbocycles. The van der Waals surface area contributed by atoms with E-state index < -0.39 is 0 Å². The third-order valence-electron chi connectivity index (χ3n) is 2.86. The zero-order chi connectivity index (χ0) is 13.5. The molecule has 102 valence electrons. The van der Waals surface area contributed by atoms with Crippen LogP contribution >= 0.6 is 11.6 Å². The Morgan fingerprint density at radius 3 is 2.67 bits per heavy atom. The number of hydrogen-bond donors (Lipinski definition) is 1. The highest BCUT2D eigenvalue weighted by Crippen LogP contribution is 2.27. The van der Waals surface area contributed by atoms with E-state index in [-0.39, 0.29) is 6.04 Å². The Kier molecular flexibility index (Phi) is 6.47. The summed E-state index contributed by atoms with van der Waals surface area (Å²) in [7, 11) is 1.71. The summed E-state index contributed by atoms with van der Waals surface area (Å²) >= 11 is 6.34. The second-order valence-electron chi connectivity index (χ2n) is 4.54. The molecule has 0 saturated heterocycles. The number of halogens is 1. The van der Waals surface area contributed by atoms with E-state index in [4.69, 9.17) is 22.1 Å². The molecule has 0 spiro atoms.